The number of benzene rings is 1. The van der Waals surface area contributed by atoms with Crippen LogP contribution in [-0.4, -0.2) is 11.0 Å². The lowest BCUT2D eigenvalue weighted by Gasteiger charge is -2.19. The number of rotatable bonds is 3. The second kappa shape index (κ2) is 6.39. The van der Waals surface area contributed by atoms with Gasteiger partial charge in [-0.15, -0.1) is 0 Å². The topological polar surface area (TPSA) is 54.0 Å². The quantitative estimate of drug-likeness (QED) is 0.902. The molecule has 0 aliphatic rings. The zero-order valence-electron chi connectivity index (χ0n) is 12.7. The van der Waals surface area contributed by atoms with Crippen LogP contribution in [0.25, 0.3) is 0 Å². The molecule has 110 valence electrons. The van der Waals surface area contributed by atoms with Gasteiger partial charge in [0.1, 0.15) is 0 Å². The largest absolute Gasteiger partial charge is 0.332 e. The monoisotopic (exact) mass is 283 g/mol. The summed E-state index contributed by atoms with van der Waals surface area (Å²) in [5.41, 5.74) is 2.96. The number of amides is 2. The number of nitrogens with one attached hydrogen (secondary N) is 2. The summed E-state index contributed by atoms with van der Waals surface area (Å²) in [5, 5.41) is 5.59. The van der Waals surface area contributed by atoms with E-state index in [1.165, 1.54) is 5.56 Å². The molecule has 1 aromatic heterocycles. The average Bonchev–Trinajstić information content (AvgIpc) is 2.46. The van der Waals surface area contributed by atoms with E-state index in [1.54, 1.807) is 6.20 Å². The first-order valence-corrected chi connectivity index (χ1v) is 7.00. The highest BCUT2D eigenvalue weighted by Gasteiger charge is 2.13. The summed E-state index contributed by atoms with van der Waals surface area (Å²) in [4.78, 5) is 16.0. The van der Waals surface area contributed by atoms with Crippen LogP contribution < -0.4 is 10.6 Å². The maximum Gasteiger partial charge on any atom is 0.319 e. The molecule has 0 atom stereocenters. The van der Waals surface area contributed by atoms with Gasteiger partial charge in [0, 0.05) is 11.9 Å². The first-order chi connectivity index (χ1) is 9.95. The summed E-state index contributed by atoms with van der Waals surface area (Å²) in [7, 11) is 0. The Labute approximate surface area is 125 Å². The van der Waals surface area contributed by atoms with Gasteiger partial charge in [0.2, 0.25) is 0 Å². The van der Waals surface area contributed by atoms with Crippen LogP contribution in [0.2, 0.25) is 0 Å². The molecule has 4 nitrogen and oxygen atoms in total. The highest BCUT2D eigenvalue weighted by Crippen LogP contribution is 2.23. The fourth-order valence-corrected chi connectivity index (χ4v) is 1.90. The molecule has 2 aromatic rings. The van der Waals surface area contributed by atoms with Gasteiger partial charge >= 0.3 is 6.03 Å². The van der Waals surface area contributed by atoms with Gasteiger partial charge in [-0.25, -0.2) is 4.79 Å². The number of aromatic nitrogens is 1. The molecule has 0 spiro atoms. The van der Waals surface area contributed by atoms with Gasteiger partial charge in [-0.1, -0.05) is 39.0 Å². The zero-order chi connectivity index (χ0) is 15.3. The minimum absolute atomic E-state index is 0.111. The molecule has 21 heavy (non-hydrogen) atoms. The van der Waals surface area contributed by atoms with E-state index in [1.807, 2.05) is 42.5 Å². The van der Waals surface area contributed by atoms with E-state index in [4.69, 9.17) is 0 Å². The van der Waals surface area contributed by atoms with E-state index in [9.17, 15) is 4.79 Å². The number of carbonyl (C=O) groups excluding carboxylic acids is 1. The van der Waals surface area contributed by atoms with Gasteiger partial charge in [0.05, 0.1) is 12.2 Å². The third-order valence-corrected chi connectivity index (χ3v) is 3.17. The minimum atomic E-state index is -0.232. The van der Waals surface area contributed by atoms with Gasteiger partial charge in [-0.2, -0.15) is 0 Å². The SMILES string of the molecule is CC(C)(C)c1ccc(NC(=O)NCc2ccccn2)cc1. The highest BCUT2D eigenvalue weighted by molar-refractivity contribution is 5.89. The van der Waals surface area contributed by atoms with Crippen molar-refractivity contribution in [1.29, 1.82) is 0 Å². The van der Waals surface area contributed by atoms with E-state index >= 15 is 0 Å². The number of hydrogen-bond donors (Lipinski definition) is 2. The fourth-order valence-electron chi connectivity index (χ4n) is 1.90. The molecule has 0 saturated heterocycles. The van der Waals surface area contributed by atoms with Gasteiger partial charge in [0.15, 0.2) is 0 Å². The molecular formula is C17H21N3O. The Morgan fingerprint density at radius 1 is 1.10 bits per heavy atom. The van der Waals surface area contributed by atoms with Gasteiger partial charge in [-0.3, -0.25) is 4.98 Å². The molecule has 0 unspecified atom stereocenters. The Hall–Kier alpha value is -2.36. The summed E-state index contributed by atoms with van der Waals surface area (Å²) in [5.74, 6) is 0. The van der Waals surface area contributed by atoms with Crippen molar-refractivity contribution in [3.63, 3.8) is 0 Å². The third-order valence-electron chi connectivity index (χ3n) is 3.17. The van der Waals surface area contributed by atoms with E-state index in [0.29, 0.717) is 6.54 Å². The summed E-state index contributed by atoms with van der Waals surface area (Å²) in [6.07, 6.45) is 1.71. The minimum Gasteiger partial charge on any atom is -0.332 e. The lowest BCUT2D eigenvalue weighted by Crippen LogP contribution is -2.28. The Morgan fingerprint density at radius 2 is 1.81 bits per heavy atom. The van der Waals surface area contributed by atoms with E-state index in [2.05, 4.69) is 36.4 Å². The van der Waals surface area contributed by atoms with Crippen LogP contribution in [0.4, 0.5) is 10.5 Å². The molecule has 1 heterocycles. The number of hydrogen-bond acceptors (Lipinski definition) is 2. The Kier molecular flexibility index (Phi) is 4.58. The molecule has 2 N–H and O–H groups in total. The van der Waals surface area contributed by atoms with Gasteiger partial charge in [-0.05, 0) is 35.2 Å². The van der Waals surface area contributed by atoms with Crippen LogP contribution in [0, 0.1) is 0 Å². The fraction of sp³-hybridized carbons (Fsp3) is 0.294. The van der Waals surface area contributed by atoms with Crippen molar-refractivity contribution in [3.05, 3.63) is 59.9 Å². The van der Waals surface area contributed by atoms with Crippen LogP contribution in [0.3, 0.4) is 0 Å². The number of urea groups is 1. The standard InChI is InChI=1S/C17H21N3O/c1-17(2,3)13-7-9-14(10-8-13)20-16(21)19-12-15-6-4-5-11-18-15/h4-11H,12H2,1-3H3,(H2,19,20,21). The maximum absolute atomic E-state index is 11.8. The molecule has 0 aliphatic carbocycles. The molecule has 0 fully saturated rings. The molecule has 0 radical (unpaired) electrons. The lowest BCUT2D eigenvalue weighted by atomic mass is 9.87. The molecule has 0 bridgehead atoms. The van der Waals surface area contributed by atoms with Crippen molar-refractivity contribution in [2.45, 2.75) is 32.7 Å². The summed E-state index contributed by atoms with van der Waals surface area (Å²) in [6, 6.07) is 13.3. The smallest absolute Gasteiger partial charge is 0.319 e. The van der Waals surface area contributed by atoms with Crippen molar-refractivity contribution >= 4 is 11.7 Å². The van der Waals surface area contributed by atoms with Gasteiger partial charge < -0.3 is 10.6 Å². The first kappa shape index (κ1) is 15.0. The van der Waals surface area contributed by atoms with Crippen molar-refractivity contribution in [2.24, 2.45) is 0 Å². The number of carbonyl (C=O) groups is 1. The summed E-state index contributed by atoms with van der Waals surface area (Å²) in [6.45, 7) is 6.89. The Morgan fingerprint density at radius 3 is 2.38 bits per heavy atom. The number of anilines is 1. The second-order valence-corrected chi connectivity index (χ2v) is 5.96. The Balaban J connectivity index is 1.88. The first-order valence-electron chi connectivity index (χ1n) is 7.00. The summed E-state index contributed by atoms with van der Waals surface area (Å²) >= 11 is 0. The molecule has 4 heteroatoms. The van der Waals surface area contributed by atoms with E-state index in [-0.39, 0.29) is 11.4 Å². The second-order valence-electron chi connectivity index (χ2n) is 5.96. The van der Waals surface area contributed by atoms with Crippen LogP contribution in [-0.2, 0) is 12.0 Å². The van der Waals surface area contributed by atoms with E-state index in [0.717, 1.165) is 11.4 Å². The summed E-state index contributed by atoms with van der Waals surface area (Å²) < 4.78 is 0. The molecule has 0 aliphatic heterocycles. The van der Waals surface area contributed by atoms with Crippen molar-refractivity contribution in [1.82, 2.24) is 10.3 Å². The number of nitrogens with zero attached hydrogens (tertiary/aromatic N) is 1. The molecule has 0 saturated carbocycles. The Bertz CT molecular complexity index is 586. The number of pyridine rings is 1. The molecule has 2 rings (SSSR count). The average molecular weight is 283 g/mol. The van der Waals surface area contributed by atoms with Gasteiger partial charge in [0.25, 0.3) is 0 Å². The molecule has 2 amide bonds. The molecule has 1 aromatic carbocycles. The van der Waals surface area contributed by atoms with Crippen molar-refractivity contribution < 1.29 is 4.79 Å². The van der Waals surface area contributed by atoms with Crippen LogP contribution in [0.1, 0.15) is 32.0 Å². The molecular weight excluding hydrogens is 262 g/mol. The predicted molar refractivity (Wildman–Crippen MR) is 85.2 cm³/mol. The van der Waals surface area contributed by atoms with Crippen molar-refractivity contribution in [2.75, 3.05) is 5.32 Å². The third kappa shape index (κ3) is 4.60. The maximum atomic E-state index is 11.8. The predicted octanol–water partition coefficient (Wildman–Crippen LogP) is 3.70. The van der Waals surface area contributed by atoms with Crippen molar-refractivity contribution in [3.8, 4) is 0 Å². The van der Waals surface area contributed by atoms with E-state index < -0.39 is 0 Å². The normalized spacial score (nSPS) is 11.0. The zero-order valence-corrected chi connectivity index (χ0v) is 12.7. The van der Waals surface area contributed by atoms with Crippen LogP contribution >= 0.6 is 0 Å². The highest BCUT2D eigenvalue weighted by atomic mass is 16.2. The van der Waals surface area contributed by atoms with Crippen LogP contribution in [0.15, 0.2) is 48.7 Å². The lowest BCUT2D eigenvalue weighted by molar-refractivity contribution is 0.251. The van der Waals surface area contributed by atoms with Crippen LogP contribution in [0.5, 0.6) is 0 Å².